The highest BCUT2D eigenvalue weighted by Crippen LogP contribution is 2.32. The molecule has 0 fully saturated rings. The van der Waals surface area contributed by atoms with Gasteiger partial charge in [0.05, 0.1) is 5.41 Å². The Bertz CT molecular complexity index is 749. The van der Waals surface area contributed by atoms with Gasteiger partial charge < -0.3 is 5.11 Å². The number of hydrogen-bond donors (Lipinski definition) is 1. The Hall–Kier alpha value is -2.49. The lowest BCUT2D eigenvalue weighted by Crippen LogP contribution is -2.36. The van der Waals surface area contributed by atoms with Crippen LogP contribution in [0.1, 0.15) is 53.5 Å². The van der Waals surface area contributed by atoms with Crippen LogP contribution in [0.25, 0.3) is 11.1 Å². The molecular formula is C22H29NO3. The van der Waals surface area contributed by atoms with Crippen LogP contribution in [0.4, 0.5) is 0 Å². The van der Waals surface area contributed by atoms with E-state index in [0.717, 1.165) is 16.7 Å². The molecule has 1 aromatic heterocycles. The molecule has 0 saturated carbocycles. The van der Waals surface area contributed by atoms with Crippen molar-refractivity contribution in [1.82, 2.24) is 4.98 Å². The summed E-state index contributed by atoms with van der Waals surface area (Å²) >= 11 is 0. The van der Waals surface area contributed by atoms with Gasteiger partial charge in [-0.3, -0.25) is 14.6 Å². The van der Waals surface area contributed by atoms with Crippen LogP contribution < -0.4 is 0 Å². The van der Waals surface area contributed by atoms with Crippen LogP contribution in [0.3, 0.4) is 0 Å². The molecule has 4 heteroatoms. The van der Waals surface area contributed by atoms with Crippen LogP contribution in [-0.4, -0.2) is 21.8 Å². The van der Waals surface area contributed by atoms with Crippen LogP contribution in [0.5, 0.6) is 0 Å². The number of ketones is 1. The number of aromatic nitrogens is 1. The molecule has 140 valence electrons. The summed E-state index contributed by atoms with van der Waals surface area (Å²) < 4.78 is 0. The first kappa shape index (κ1) is 21.6. The van der Waals surface area contributed by atoms with Crippen LogP contribution >= 0.6 is 0 Å². The van der Waals surface area contributed by atoms with Gasteiger partial charge in [-0.25, -0.2) is 0 Å². The molecule has 0 aliphatic rings. The molecule has 0 saturated heterocycles. The summed E-state index contributed by atoms with van der Waals surface area (Å²) in [5, 5.41) is 9.25. The van der Waals surface area contributed by atoms with Crippen molar-refractivity contribution in [1.29, 1.82) is 0 Å². The molecule has 1 N–H and O–H groups in total. The standard InChI is InChI=1S/C20H23NO3.C2H6/c1-19(2,18(23)24)11-17(22)20(3,4)16-10-15(12-21-13-16)14-8-6-5-7-9-14;1-2/h5-10,12-13H,11H2,1-4H3,(H,23,24);1-2H3. The smallest absolute Gasteiger partial charge is 0.309 e. The summed E-state index contributed by atoms with van der Waals surface area (Å²) in [4.78, 5) is 28.3. The lowest BCUT2D eigenvalue weighted by Gasteiger charge is -2.28. The van der Waals surface area contributed by atoms with E-state index in [1.54, 1.807) is 26.2 Å². The van der Waals surface area contributed by atoms with Gasteiger partial charge >= 0.3 is 5.97 Å². The maximum absolute atomic E-state index is 12.7. The van der Waals surface area contributed by atoms with E-state index in [-0.39, 0.29) is 12.2 Å². The van der Waals surface area contributed by atoms with Gasteiger partial charge in [-0.05, 0) is 44.9 Å². The fourth-order valence-corrected chi connectivity index (χ4v) is 2.43. The van der Waals surface area contributed by atoms with Crippen molar-refractivity contribution in [3.05, 3.63) is 54.4 Å². The SMILES string of the molecule is CC.CC(C)(CC(=O)C(C)(C)c1cncc(-c2ccccc2)c1)C(=O)O. The molecule has 26 heavy (non-hydrogen) atoms. The van der Waals surface area contributed by atoms with Crippen molar-refractivity contribution in [2.45, 2.75) is 53.4 Å². The Kier molecular flexibility index (Phi) is 7.25. The van der Waals surface area contributed by atoms with Gasteiger partial charge in [0.15, 0.2) is 0 Å². The normalized spacial score (nSPS) is 11.3. The fourth-order valence-electron chi connectivity index (χ4n) is 2.43. The first-order chi connectivity index (χ1) is 12.1. The van der Waals surface area contributed by atoms with Gasteiger partial charge in [-0.1, -0.05) is 44.2 Å². The molecule has 0 radical (unpaired) electrons. The molecule has 0 aliphatic heterocycles. The zero-order valence-electron chi connectivity index (χ0n) is 16.5. The van der Waals surface area contributed by atoms with Gasteiger partial charge in [0, 0.05) is 29.8 Å². The highest BCUT2D eigenvalue weighted by atomic mass is 16.4. The fraction of sp³-hybridized carbons (Fsp3) is 0.409. The number of carboxylic acids is 1. The molecule has 0 amide bonds. The van der Waals surface area contributed by atoms with Crippen molar-refractivity contribution in [3.63, 3.8) is 0 Å². The zero-order chi connectivity index (χ0) is 20.0. The van der Waals surface area contributed by atoms with E-state index in [1.165, 1.54) is 0 Å². The number of Topliss-reactive ketones (excluding diaryl/α,β-unsaturated/α-hetero) is 1. The number of nitrogens with zero attached hydrogens (tertiary/aromatic N) is 1. The number of rotatable bonds is 6. The summed E-state index contributed by atoms with van der Waals surface area (Å²) in [6, 6.07) is 11.8. The van der Waals surface area contributed by atoms with Gasteiger partial charge in [0.2, 0.25) is 0 Å². The molecule has 4 nitrogen and oxygen atoms in total. The van der Waals surface area contributed by atoms with E-state index in [2.05, 4.69) is 4.98 Å². The summed E-state index contributed by atoms with van der Waals surface area (Å²) in [5.74, 6) is -1.08. The molecule has 1 heterocycles. The Morgan fingerprint density at radius 3 is 2.08 bits per heavy atom. The monoisotopic (exact) mass is 355 g/mol. The summed E-state index contributed by atoms with van der Waals surface area (Å²) in [6.07, 6.45) is 3.42. The van der Waals surface area contributed by atoms with Gasteiger partial charge in [-0.2, -0.15) is 0 Å². The van der Waals surface area contributed by atoms with Crippen LogP contribution in [-0.2, 0) is 15.0 Å². The summed E-state index contributed by atoms with van der Waals surface area (Å²) in [5.41, 5.74) is 0.867. The lowest BCUT2D eigenvalue weighted by atomic mass is 9.74. The molecule has 0 bridgehead atoms. The maximum Gasteiger partial charge on any atom is 0.309 e. The lowest BCUT2D eigenvalue weighted by molar-refractivity contribution is -0.149. The predicted octanol–water partition coefficient (Wildman–Crippen LogP) is 5.12. The molecule has 0 spiro atoms. The van der Waals surface area contributed by atoms with Crippen molar-refractivity contribution < 1.29 is 14.7 Å². The second-order valence-electron chi connectivity index (χ2n) is 7.24. The number of hydrogen-bond acceptors (Lipinski definition) is 3. The first-order valence-corrected chi connectivity index (χ1v) is 8.92. The largest absolute Gasteiger partial charge is 0.481 e. The molecule has 1 aromatic carbocycles. The predicted molar refractivity (Wildman–Crippen MR) is 105 cm³/mol. The third kappa shape index (κ3) is 5.01. The van der Waals surface area contributed by atoms with Crippen LogP contribution in [0.15, 0.2) is 48.8 Å². The van der Waals surface area contributed by atoms with Crippen molar-refractivity contribution in [2.24, 2.45) is 5.41 Å². The molecular weight excluding hydrogens is 326 g/mol. The highest BCUT2D eigenvalue weighted by Gasteiger charge is 2.37. The van der Waals surface area contributed by atoms with Gasteiger partial charge in [-0.15, -0.1) is 0 Å². The zero-order valence-corrected chi connectivity index (χ0v) is 16.5. The third-order valence-corrected chi connectivity index (χ3v) is 4.45. The number of benzene rings is 1. The number of carbonyl (C=O) groups is 2. The van der Waals surface area contributed by atoms with E-state index in [4.69, 9.17) is 0 Å². The second kappa shape index (κ2) is 8.75. The molecule has 0 unspecified atom stereocenters. The molecule has 0 aliphatic carbocycles. The third-order valence-electron chi connectivity index (χ3n) is 4.45. The topological polar surface area (TPSA) is 67.3 Å². The Labute approximate surface area is 156 Å². The van der Waals surface area contributed by atoms with Crippen molar-refractivity contribution in [3.8, 4) is 11.1 Å². The minimum atomic E-state index is -1.08. The summed E-state index contributed by atoms with van der Waals surface area (Å²) in [7, 11) is 0. The van der Waals surface area contributed by atoms with E-state index in [0.29, 0.717) is 0 Å². The van der Waals surface area contributed by atoms with Crippen LogP contribution in [0, 0.1) is 5.41 Å². The van der Waals surface area contributed by atoms with Crippen molar-refractivity contribution in [2.75, 3.05) is 0 Å². The minimum absolute atomic E-state index is 0.0229. The highest BCUT2D eigenvalue weighted by molar-refractivity contribution is 5.93. The van der Waals surface area contributed by atoms with E-state index >= 15 is 0 Å². The van der Waals surface area contributed by atoms with Crippen LogP contribution in [0.2, 0.25) is 0 Å². The Balaban J connectivity index is 0.00000163. The maximum atomic E-state index is 12.7. The van der Waals surface area contributed by atoms with E-state index in [9.17, 15) is 14.7 Å². The first-order valence-electron chi connectivity index (χ1n) is 8.92. The molecule has 2 rings (SSSR count). The molecule has 0 atom stereocenters. The second-order valence-corrected chi connectivity index (χ2v) is 7.24. The van der Waals surface area contributed by atoms with Gasteiger partial charge in [0.25, 0.3) is 0 Å². The number of pyridine rings is 1. The quantitative estimate of drug-likeness (QED) is 0.780. The van der Waals surface area contributed by atoms with E-state index < -0.39 is 16.8 Å². The molecule has 2 aromatic rings. The van der Waals surface area contributed by atoms with Crippen molar-refractivity contribution >= 4 is 11.8 Å². The van der Waals surface area contributed by atoms with Gasteiger partial charge in [0.1, 0.15) is 5.78 Å². The number of carbonyl (C=O) groups excluding carboxylic acids is 1. The Morgan fingerprint density at radius 2 is 1.54 bits per heavy atom. The van der Waals surface area contributed by atoms with E-state index in [1.807, 2.05) is 64.1 Å². The Morgan fingerprint density at radius 1 is 0.962 bits per heavy atom. The number of aliphatic carboxylic acids is 1. The average molecular weight is 355 g/mol. The number of carboxylic acid groups (broad SMARTS) is 1. The minimum Gasteiger partial charge on any atom is -0.481 e. The summed E-state index contributed by atoms with van der Waals surface area (Å²) in [6.45, 7) is 10.8. The average Bonchev–Trinajstić information content (AvgIpc) is 2.63.